The molecule has 0 aliphatic carbocycles. The number of hydrogen-bond donors (Lipinski definition) is 4. The first-order valence-electron chi connectivity index (χ1n) is 3.40. The summed E-state index contributed by atoms with van der Waals surface area (Å²) < 4.78 is 4.50. The molecule has 1 atom stereocenters. The summed E-state index contributed by atoms with van der Waals surface area (Å²) in [4.78, 5) is 0. The van der Waals surface area contributed by atoms with Gasteiger partial charge in [0.2, 0.25) is 0 Å². The first-order chi connectivity index (χ1) is 5.18. The van der Waals surface area contributed by atoms with Crippen molar-refractivity contribution < 1.29 is 20.1 Å². The third kappa shape index (κ3) is 25.9. The van der Waals surface area contributed by atoms with E-state index in [-0.39, 0.29) is 19.8 Å². The normalized spacial score (nSPS) is 11.7. The second-order valence-corrected chi connectivity index (χ2v) is 1.71. The highest BCUT2D eigenvalue weighted by molar-refractivity contribution is 4.24. The Morgan fingerprint density at radius 1 is 1.36 bits per heavy atom. The van der Waals surface area contributed by atoms with E-state index in [1.807, 2.05) is 0 Å². The molecule has 0 amide bonds. The Hall–Kier alpha value is -0.200. The number of ether oxygens (including phenoxy) is 1. The molecule has 0 fully saturated rings. The van der Waals surface area contributed by atoms with Gasteiger partial charge in [-0.3, -0.25) is 0 Å². The van der Waals surface area contributed by atoms with E-state index >= 15 is 0 Å². The lowest BCUT2D eigenvalue weighted by molar-refractivity contribution is -0.0932. The minimum absolute atomic E-state index is 0.0368. The summed E-state index contributed by atoms with van der Waals surface area (Å²) in [6.45, 7) is 2.14. The zero-order valence-electron chi connectivity index (χ0n) is 6.73. The van der Waals surface area contributed by atoms with Crippen molar-refractivity contribution in [1.82, 2.24) is 0 Å². The van der Waals surface area contributed by atoms with Gasteiger partial charge in [0.05, 0.1) is 19.8 Å². The third-order valence-corrected chi connectivity index (χ3v) is 0.579. The first-order valence-corrected chi connectivity index (χ1v) is 3.40. The van der Waals surface area contributed by atoms with E-state index in [2.05, 4.69) is 4.74 Å². The fraction of sp³-hybridized carbons (Fsp3) is 1.00. The van der Waals surface area contributed by atoms with E-state index in [4.69, 9.17) is 21.1 Å². The molecule has 0 bridgehead atoms. The van der Waals surface area contributed by atoms with E-state index in [0.29, 0.717) is 6.54 Å². The lowest BCUT2D eigenvalue weighted by Crippen LogP contribution is -2.09. The van der Waals surface area contributed by atoms with Crippen molar-refractivity contribution in [3.63, 3.8) is 0 Å². The molecule has 0 saturated heterocycles. The fourth-order valence-electron chi connectivity index (χ4n) is 0.223. The Labute approximate surface area is 66.4 Å². The molecular weight excluding hydrogens is 150 g/mol. The molecule has 0 aliphatic heterocycles. The van der Waals surface area contributed by atoms with Crippen molar-refractivity contribution in [3.05, 3.63) is 0 Å². The maximum atomic E-state index is 8.35. The number of nitrogens with two attached hydrogens (primary N) is 1. The number of aliphatic hydroxyl groups is 3. The minimum Gasteiger partial charge on any atom is -0.395 e. The van der Waals surface area contributed by atoms with E-state index in [9.17, 15) is 0 Å². The zero-order valence-corrected chi connectivity index (χ0v) is 6.73. The molecule has 0 aromatic heterocycles. The standard InChI is InChI=1S/C4H10O3.C2H7NO/c1-4(6)7-3-2-5;3-1-2-4/h4-6H,2-3H2,1H3;4H,1-3H2. The van der Waals surface area contributed by atoms with Crippen LogP contribution in [0.1, 0.15) is 6.92 Å². The van der Waals surface area contributed by atoms with Gasteiger partial charge in [0, 0.05) is 6.54 Å². The monoisotopic (exact) mass is 167 g/mol. The molecule has 0 aromatic rings. The highest BCUT2D eigenvalue weighted by Crippen LogP contribution is 1.79. The maximum Gasteiger partial charge on any atom is 0.151 e. The van der Waals surface area contributed by atoms with Gasteiger partial charge in [-0.2, -0.15) is 0 Å². The van der Waals surface area contributed by atoms with Crippen LogP contribution in [0.4, 0.5) is 0 Å². The lowest BCUT2D eigenvalue weighted by atomic mass is 10.7. The number of rotatable bonds is 4. The van der Waals surface area contributed by atoms with E-state index in [1.54, 1.807) is 0 Å². The SMILES string of the molecule is CC(O)OCCO.NCCO. The first kappa shape index (κ1) is 13.4. The van der Waals surface area contributed by atoms with Crippen LogP contribution in [0.2, 0.25) is 0 Å². The second-order valence-electron chi connectivity index (χ2n) is 1.71. The van der Waals surface area contributed by atoms with Crippen molar-refractivity contribution in [1.29, 1.82) is 0 Å². The van der Waals surface area contributed by atoms with E-state index in [0.717, 1.165) is 0 Å². The predicted octanol–water partition coefficient (Wildman–Crippen LogP) is -1.73. The molecule has 0 saturated carbocycles. The molecule has 0 rings (SSSR count). The average Bonchev–Trinajstić information content (AvgIpc) is 2.01. The Morgan fingerprint density at radius 3 is 1.91 bits per heavy atom. The summed E-state index contributed by atoms with van der Waals surface area (Å²) in [5.41, 5.74) is 4.78. The molecule has 0 heterocycles. The van der Waals surface area contributed by atoms with Gasteiger partial charge in [-0.15, -0.1) is 0 Å². The highest BCUT2D eigenvalue weighted by Gasteiger charge is 1.89. The Bertz CT molecular complexity index is 58.5. The van der Waals surface area contributed by atoms with Crippen molar-refractivity contribution in [2.45, 2.75) is 13.2 Å². The van der Waals surface area contributed by atoms with Gasteiger partial charge >= 0.3 is 0 Å². The van der Waals surface area contributed by atoms with Gasteiger partial charge in [0.25, 0.3) is 0 Å². The van der Waals surface area contributed by atoms with E-state index in [1.165, 1.54) is 6.92 Å². The van der Waals surface area contributed by atoms with Gasteiger partial charge < -0.3 is 25.8 Å². The molecule has 0 aromatic carbocycles. The Kier molecular flexibility index (Phi) is 15.2. The Morgan fingerprint density at radius 2 is 1.82 bits per heavy atom. The zero-order chi connectivity index (χ0) is 9.11. The topological polar surface area (TPSA) is 95.9 Å². The van der Waals surface area contributed by atoms with Crippen LogP contribution in [0, 0.1) is 0 Å². The van der Waals surface area contributed by atoms with Crippen LogP contribution in [-0.4, -0.2) is 48.0 Å². The van der Waals surface area contributed by atoms with Crippen molar-refractivity contribution in [2.24, 2.45) is 5.73 Å². The summed E-state index contributed by atoms with van der Waals surface area (Å²) in [7, 11) is 0. The summed E-state index contributed by atoms with van der Waals surface area (Å²) in [5.74, 6) is 0. The highest BCUT2D eigenvalue weighted by atomic mass is 16.6. The molecule has 5 nitrogen and oxygen atoms in total. The van der Waals surface area contributed by atoms with Crippen LogP contribution in [0.15, 0.2) is 0 Å². The number of hydrogen-bond acceptors (Lipinski definition) is 5. The van der Waals surface area contributed by atoms with Crippen LogP contribution in [0.25, 0.3) is 0 Å². The third-order valence-electron chi connectivity index (χ3n) is 0.579. The fourth-order valence-corrected chi connectivity index (χ4v) is 0.223. The van der Waals surface area contributed by atoms with E-state index < -0.39 is 6.29 Å². The summed E-state index contributed by atoms with van der Waals surface area (Å²) >= 11 is 0. The van der Waals surface area contributed by atoms with Crippen LogP contribution in [-0.2, 0) is 4.74 Å². The van der Waals surface area contributed by atoms with Crippen LogP contribution in [0.5, 0.6) is 0 Å². The maximum absolute atomic E-state index is 8.35. The molecule has 1 unspecified atom stereocenters. The van der Waals surface area contributed by atoms with Gasteiger partial charge in [-0.1, -0.05) is 0 Å². The van der Waals surface area contributed by atoms with Gasteiger partial charge in [0.15, 0.2) is 6.29 Å². The summed E-state index contributed by atoms with van der Waals surface area (Å²) in [6.07, 6.45) is -0.757. The van der Waals surface area contributed by atoms with Crippen molar-refractivity contribution >= 4 is 0 Å². The predicted molar refractivity (Wildman–Crippen MR) is 40.9 cm³/mol. The molecule has 5 heteroatoms. The molecule has 11 heavy (non-hydrogen) atoms. The Balaban J connectivity index is 0. The van der Waals surface area contributed by atoms with Gasteiger partial charge in [0.1, 0.15) is 0 Å². The van der Waals surface area contributed by atoms with Crippen LogP contribution in [0.3, 0.4) is 0 Å². The molecule has 0 spiro atoms. The summed E-state index contributed by atoms with van der Waals surface area (Å²) in [5, 5.41) is 24.2. The molecular formula is C6H17NO4. The molecule has 0 radical (unpaired) electrons. The van der Waals surface area contributed by atoms with Crippen molar-refractivity contribution in [2.75, 3.05) is 26.4 Å². The molecule has 70 valence electrons. The average molecular weight is 167 g/mol. The van der Waals surface area contributed by atoms with Crippen molar-refractivity contribution in [3.8, 4) is 0 Å². The van der Waals surface area contributed by atoms with Crippen LogP contribution < -0.4 is 5.73 Å². The molecule has 5 N–H and O–H groups in total. The quantitative estimate of drug-likeness (QED) is 0.373. The lowest BCUT2D eigenvalue weighted by Gasteiger charge is -2.01. The smallest absolute Gasteiger partial charge is 0.151 e. The largest absolute Gasteiger partial charge is 0.395 e. The van der Waals surface area contributed by atoms with Crippen LogP contribution >= 0.6 is 0 Å². The van der Waals surface area contributed by atoms with Gasteiger partial charge in [-0.05, 0) is 6.92 Å². The second kappa shape index (κ2) is 12.5. The summed E-state index contributed by atoms with van der Waals surface area (Å²) in [6, 6.07) is 0. The number of aliphatic hydroxyl groups excluding tert-OH is 3. The minimum atomic E-state index is -0.757. The van der Waals surface area contributed by atoms with Gasteiger partial charge in [-0.25, -0.2) is 0 Å². The molecule has 0 aliphatic rings.